The predicted octanol–water partition coefficient (Wildman–Crippen LogP) is 3.34. The molecule has 10 heteroatoms. The maximum atomic E-state index is 6.90. The summed E-state index contributed by atoms with van der Waals surface area (Å²) in [4.78, 5) is 0. The van der Waals surface area contributed by atoms with Crippen LogP contribution in [0.5, 0.6) is 0 Å². The van der Waals surface area contributed by atoms with E-state index >= 15 is 0 Å². The van der Waals surface area contributed by atoms with Crippen molar-refractivity contribution in [3.8, 4) is 0 Å². The average Bonchev–Trinajstić information content (AvgIpc) is 3.90. The molecular formula is C27H73N9Ti. The van der Waals surface area contributed by atoms with E-state index < -0.39 is 1.20 Å². The molecular weight excluding hydrogens is 498 g/mol. The van der Waals surface area contributed by atoms with E-state index in [9.17, 15) is 0 Å². The van der Waals surface area contributed by atoms with Crippen molar-refractivity contribution >= 4 is 0 Å². The zero-order valence-corrected chi connectivity index (χ0v) is 26.8. The molecule has 37 heavy (non-hydrogen) atoms. The Morgan fingerprint density at radius 2 is 0.514 bits per heavy atom. The molecule has 230 valence electrons. The number of hydrogen-bond acceptors (Lipinski definition) is 9. The van der Waals surface area contributed by atoms with Gasteiger partial charge in [-0.1, -0.05) is 0 Å². The van der Waals surface area contributed by atoms with Gasteiger partial charge in [0.2, 0.25) is 0 Å². The molecule has 1 spiro atoms. The maximum Gasteiger partial charge on any atom is 0.00461 e. The molecule has 0 aromatic heterocycles. The topological polar surface area (TPSA) is 234 Å². The van der Waals surface area contributed by atoms with Crippen molar-refractivity contribution in [2.45, 2.75) is 89.0 Å². The summed E-state index contributed by atoms with van der Waals surface area (Å²) >= 11 is 0. The van der Waals surface area contributed by atoms with Gasteiger partial charge in [0.25, 0.3) is 0 Å². The van der Waals surface area contributed by atoms with Crippen LogP contribution >= 0.6 is 0 Å². The fourth-order valence-electron chi connectivity index (χ4n) is 28.6. The fourth-order valence-corrected chi connectivity index (χ4v) is 212. The third kappa shape index (κ3) is 0.658. The molecule has 0 amide bonds. The van der Waals surface area contributed by atoms with Crippen LogP contribution in [-0.4, -0.2) is 58.9 Å². The van der Waals surface area contributed by atoms with Crippen LogP contribution < -0.4 is 51.6 Å². The van der Waals surface area contributed by atoms with Gasteiger partial charge in [-0.05, 0) is 0 Å². The van der Waals surface area contributed by atoms with Crippen LogP contribution in [-0.2, 0) is 1.20 Å². The Bertz CT molecular complexity index is 1440. The van der Waals surface area contributed by atoms with Gasteiger partial charge in [0.1, 0.15) is 0 Å². The molecule has 6 aliphatic rings. The minimum atomic E-state index is -6.93. The molecule has 0 aromatic rings. The van der Waals surface area contributed by atoms with E-state index in [0.717, 1.165) is 19.6 Å². The molecule has 18 N–H and O–H groups in total. The molecule has 0 unspecified atom stereocenters. The monoisotopic (exact) mass is 572 g/mol. The van der Waals surface area contributed by atoms with Crippen molar-refractivity contribution in [2.75, 3.05) is 58.9 Å². The van der Waals surface area contributed by atoms with E-state index in [1.807, 2.05) is 0 Å². The Balaban J connectivity index is 0.000000270. The first-order chi connectivity index (χ1) is 16.3. The van der Waals surface area contributed by atoms with Gasteiger partial charge in [-0.15, -0.1) is 0 Å². The molecule has 6 fully saturated rings. The third-order valence-electron chi connectivity index (χ3n) is 45.7. The summed E-state index contributed by atoms with van der Waals surface area (Å²) in [5, 5.41) is 0. The Labute approximate surface area is 200 Å². The van der Waals surface area contributed by atoms with Gasteiger partial charge >= 0.3 is 127 Å². The molecule has 0 radical (unpaired) electrons. The second kappa shape index (κ2) is 2.09. The van der Waals surface area contributed by atoms with Crippen molar-refractivity contribution in [3.63, 3.8) is 0 Å². The van der Waals surface area contributed by atoms with Gasteiger partial charge in [0.15, 0.2) is 0 Å². The van der Waals surface area contributed by atoms with E-state index in [1.54, 1.807) is 0 Å². The van der Waals surface area contributed by atoms with Crippen molar-refractivity contribution in [1.29, 1.82) is 0 Å². The molecule has 0 aliphatic carbocycles. The number of rotatable bonds is 10. The maximum absolute atomic E-state index is 6.93. The van der Waals surface area contributed by atoms with E-state index in [1.165, 1.54) is 70.9 Å². The smallest absolute Gasteiger partial charge is 0.00461 e. The normalized spacial score (nSPS) is 68.6. The summed E-state index contributed by atoms with van der Waals surface area (Å²) in [5.41, 5.74) is 50.1. The van der Waals surface area contributed by atoms with E-state index in [0.29, 0.717) is 43.5 Å². The Morgan fingerprint density at radius 3 is 0.568 bits per heavy atom. The van der Waals surface area contributed by atoms with Crippen molar-refractivity contribution < 1.29 is 1.20 Å². The first-order valence-electron chi connectivity index (χ1n) is 16.4. The summed E-state index contributed by atoms with van der Waals surface area (Å²) in [6.45, 7) is 11.6. The summed E-state index contributed by atoms with van der Waals surface area (Å²) in [6, 6.07) is 0. The largest absolute Gasteiger partial charge is 0.329 e. The molecule has 9 nitrogen and oxygen atoms in total. The Kier molecular flexibility index (Phi) is 1.80. The molecule has 0 atom stereocenters. The van der Waals surface area contributed by atoms with Crippen LogP contribution in [0.15, 0.2) is 0 Å². The van der Waals surface area contributed by atoms with Crippen LogP contribution in [0.4, 0.5) is 0 Å². The van der Waals surface area contributed by atoms with Gasteiger partial charge in [0, 0.05) is 39.3 Å². The minimum absolute atomic E-state index is 0.597. The summed E-state index contributed by atoms with van der Waals surface area (Å²) in [7, 11) is 0. The first kappa shape index (κ1) is 31.9. The van der Waals surface area contributed by atoms with Crippen molar-refractivity contribution in [1.82, 2.24) is 0 Å². The first-order valence-corrected chi connectivity index (χ1v) is 33.9. The zero-order chi connectivity index (χ0) is 28.8. The average molecular weight is 572 g/mol. The van der Waals surface area contributed by atoms with Gasteiger partial charge in [0.05, 0.1) is 0 Å². The molecule has 0 bridgehead atoms. The van der Waals surface area contributed by atoms with Crippen LogP contribution in [0.3, 0.4) is 0 Å². The van der Waals surface area contributed by atoms with Crippen molar-refractivity contribution in [3.05, 3.63) is 0 Å². The predicted molar refractivity (Wildman–Crippen MR) is 169 cm³/mol. The van der Waals surface area contributed by atoms with Crippen LogP contribution in [0.1, 0.15) is 13.8 Å². The third-order valence-corrected chi connectivity index (χ3v) is 187. The SMILES string of the molecule is C[CH](C)[Ti]123456([CH2]CN)([CH2]CN)([CH2]CN)([CH2][CH2]1)([CH2][CH2]2)([CH2][CH2]3)([CH2][CH2]4)([CH2][CH2]5)[CH2][CH2]6.NCCN.NCCN.NCCN. The Morgan fingerprint density at radius 1 is 0.351 bits per heavy atom. The number of hydrogen-bond donors (Lipinski definition) is 9. The second-order valence-electron chi connectivity index (χ2n) is 36.8. The summed E-state index contributed by atoms with van der Waals surface area (Å²) in [5.74, 6) is 0. The standard InChI is InChI=1S/C3H7.3C2H8N2.3C2H6N.6C2H4.Ti/c1-3-2;3*3-1-2-4;3*1-2-3;6*1-2;/h3H,1-2H3;3*1-4H2;3*1-3H2;6*1-2H2;. The summed E-state index contributed by atoms with van der Waals surface area (Å²) in [6.07, 6.45) is 0. The number of nitrogens with two attached hydrogens (primary N) is 9. The fraction of sp³-hybridized carbons (Fsp3) is 1.00. The summed E-state index contributed by atoms with van der Waals surface area (Å²) < 4.78 is 15.7. The molecule has 6 rings (SSSR count). The zero-order valence-electron chi connectivity index (χ0n) is 25.2. The molecule has 0 aromatic carbocycles. The van der Waals surface area contributed by atoms with Crippen LogP contribution in [0.2, 0.25) is 75.1 Å². The molecule has 6 aliphatic heterocycles. The molecule has 0 saturated carbocycles. The molecule has 6 saturated heterocycles. The Hall–Kier alpha value is 0.354. The van der Waals surface area contributed by atoms with E-state index in [2.05, 4.69) is 13.8 Å². The quantitative estimate of drug-likeness (QED) is 0.175. The van der Waals surface area contributed by atoms with E-state index in [-0.39, 0.29) is 0 Å². The van der Waals surface area contributed by atoms with Gasteiger partial charge in [-0.3, -0.25) is 0 Å². The second-order valence-corrected chi connectivity index (χ2v) is 142. The van der Waals surface area contributed by atoms with Crippen LogP contribution in [0, 0.1) is 0 Å². The van der Waals surface area contributed by atoms with Gasteiger partial charge < -0.3 is 34.4 Å². The minimum Gasteiger partial charge on any atom is -0.329 e. The van der Waals surface area contributed by atoms with Crippen molar-refractivity contribution in [2.24, 2.45) is 51.6 Å². The van der Waals surface area contributed by atoms with Gasteiger partial charge in [-0.2, -0.15) is 0 Å². The van der Waals surface area contributed by atoms with E-state index in [4.69, 9.17) is 51.6 Å². The van der Waals surface area contributed by atoms with Gasteiger partial charge in [-0.25, -0.2) is 0 Å². The molecule has 6 heterocycles. The van der Waals surface area contributed by atoms with Crippen LogP contribution in [0.25, 0.3) is 0 Å².